The van der Waals surface area contributed by atoms with Gasteiger partial charge in [0.25, 0.3) is 5.91 Å². The summed E-state index contributed by atoms with van der Waals surface area (Å²) in [4.78, 5) is 19.1. The van der Waals surface area contributed by atoms with Crippen molar-refractivity contribution >= 4 is 18.1 Å². The molecule has 25 heavy (non-hydrogen) atoms. The minimum Gasteiger partial charge on any atom is -0.439 e. The molecule has 2 N–H and O–H groups in total. The zero-order valence-electron chi connectivity index (χ0n) is 13.0. The van der Waals surface area contributed by atoms with Crippen LogP contribution in [0.1, 0.15) is 15.9 Å². The molecule has 0 bridgehead atoms. The van der Waals surface area contributed by atoms with Gasteiger partial charge in [-0.05, 0) is 42.0 Å². The Morgan fingerprint density at radius 3 is 2.68 bits per heavy atom. The summed E-state index contributed by atoms with van der Waals surface area (Å²) in [6.07, 6.45) is 3.27. The van der Waals surface area contributed by atoms with Gasteiger partial charge in [0.15, 0.2) is 0 Å². The predicted molar refractivity (Wildman–Crippen MR) is 93.5 cm³/mol. The molecule has 5 nitrogen and oxygen atoms in total. The van der Waals surface area contributed by atoms with Gasteiger partial charge in [-0.1, -0.05) is 18.3 Å². The maximum atomic E-state index is 12.9. The molecule has 0 aliphatic heterocycles. The van der Waals surface area contributed by atoms with Crippen molar-refractivity contribution in [3.05, 3.63) is 82.5 Å². The number of aromatic amines is 1. The highest BCUT2D eigenvalue weighted by atomic mass is 32.1. The summed E-state index contributed by atoms with van der Waals surface area (Å²) in [5.74, 6) is 0.290. The summed E-state index contributed by atoms with van der Waals surface area (Å²) < 4.78 is 18.8. The molecule has 3 rings (SSSR count). The van der Waals surface area contributed by atoms with E-state index in [-0.39, 0.29) is 11.7 Å². The Balaban J connectivity index is 1.59. The van der Waals surface area contributed by atoms with E-state index in [4.69, 9.17) is 17.0 Å². The van der Waals surface area contributed by atoms with E-state index >= 15 is 0 Å². The Hall–Kier alpha value is -3.06. The summed E-state index contributed by atoms with van der Waals surface area (Å²) in [5, 5.41) is 2.78. The summed E-state index contributed by atoms with van der Waals surface area (Å²) in [5.41, 5.74) is 1.23. The Morgan fingerprint density at radius 2 is 2.00 bits per heavy atom. The van der Waals surface area contributed by atoms with Crippen molar-refractivity contribution in [1.29, 1.82) is 0 Å². The third-order valence-electron chi connectivity index (χ3n) is 3.35. The second-order valence-corrected chi connectivity index (χ2v) is 5.56. The zero-order valence-corrected chi connectivity index (χ0v) is 13.8. The molecule has 1 amide bonds. The highest BCUT2D eigenvalue weighted by molar-refractivity contribution is 7.71. The van der Waals surface area contributed by atoms with Gasteiger partial charge in [-0.3, -0.25) is 4.79 Å². The Bertz CT molecular complexity index is 924. The van der Waals surface area contributed by atoms with E-state index in [1.807, 2.05) is 0 Å². The third-order valence-corrected chi connectivity index (χ3v) is 3.69. The highest BCUT2D eigenvalue weighted by Gasteiger charge is 2.07. The molecule has 0 saturated heterocycles. The molecule has 0 unspecified atom stereocenters. The summed E-state index contributed by atoms with van der Waals surface area (Å²) in [6, 6.07) is 12.5. The number of carbonyl (C=O) groups is 1. The van der Waals surface area contributed by atoms with Gasteiger partial charge in [0.05, 0.1) is 5.56 Å². The molecule has 1 aromatic carbocycles. The fourth-order valence-corrected chi connectivity index (χ4v) is 2.31. The number of nitrogens with one attached hydrogen (secondary N) is 2. The van der Waals surface area contributed by atoms with Gasteiger partial charge in [0.1, 0.15) is 16.2 Å². The molecule has 0 aliphatic rings. The molecule has 2 heterocycles. The fraction of sp³-hybridized carbons (Fsp3) is 0.0556. The van der Waals surface area contributed by atoms with Gasteiger partial charge in [-0.15, -0.1) is 0 Å². The Labute approximate surface area is 148 Å². The predicted octanol–water partition coefficient (Wildman–Crippen LogP) is 4.00. The van der Waals surface area contributed by atoms with Crippen molar-refractivity contribution in [2.45, 2.75) is 6.54 Å². The lowest BCUT2D eigenvalue weighted by Crippen LogP contribution is -2.23. The van der Waals surface area contributed by atoms with Crippen LogP contribution in [-0.2, 0) is 6.54 Å². The molecule has 2 aromatic heterocycles. The van der Waals surface area contributed by atoms with Crippen LogP contribution in [0.4, 0.5) is 4.39 Å². The molecular formula is C18H14FN3O2S. The molecule has 0 fully saturated rings. The first kappa shape index (κ1) is 16.8. The van der Waals surface area contributed by atoms with Crippen molar-refractivity contribution in [3.8, 4) is 11.6 Å². The largest absolute Gasteiger partial charge is 0.439 e. The number of halogens is 1. The van der Waals surface area contributed by atoms with E-state index in [0.717, 1.165) is 5.56 Å². The molecule has 0 saturated carbocycles. The standard InChI is InChI=1S/C18H14FN3O2S/c19-13-4-6-14(7-5-13)24-16-8-3-12(10-21-16)11-22-17(23)15-2-1-9-20-18(15)25/h1-10H,11H2,(H,20,25)(H,22,23). The lowest BCUT2D eigenvalue weighted by molar-refractivity contribution is 0.0950. The van der Waals surface area contributed by atoms with Gasteiger partial charge in [-0.2, -0.15) is 0 Å². The zero-order chi connectivity index (χ0) is 17.6. The number of hydrogen-bond acceptors (Lipinski definition) is 4. The van der Waals surface area contributed by atoms with Crippen LogP contribution < -0.4 is 10.1 Å². The number of aromatic nitrogens is 2. The second-order valence-electron chi connectivity index (χ2n) is 5.16. The van der Waals surface area contributed by atoms with E-state index < -0.39 is 0 Å². The fourth-order valence-electron chi connectivity index (χ4n) is 2.08. The van der Waals surface area contributed by atoms with Gasteiger partial charge in [0.2, 0.25) is 5.88 Å². The van der Waals surface area contributed by atoms with Crippen LogP contribution in [0.15, 0.2) is 60.9 Å². The number of amides is 1. The molecule has 0 atom stereocenters. The number of hydrogen-bond donors (Lipinski definition) is 2. The number of nitrogens with zero attached hydrogens (tertiary/aromatic N) is 1. The molecule has 3 aromatic rings. The van der Waals surface area contributed by atoms with Gasteiger partial charge in [0, 0.05) is 25.0 Å². The van der Waals surface area contributed by atoms with Crippen LogP contribution in [0.2, 0.25) is 0 Å². The average molecular weight is 355 g/mol. The maximum absolute atomic E-state index is 12.9. The summed E-state index contributed by atoms with van der Waals surface area (Å²) in [6.45, 7) is 0.312. The molecular weight excluding hydrogens is 341 g/mol. The van der Waals surface area contributed by atoms with Crippen LogP contribution in [0.3, 0.4) is 0 Å². The maximum Gasteiger partial charge on any atom is 0.254 e. The van der Waals surface area contributed by atoms with Crippen LogP contribution in [0.5, 0.6) is 11.6 Å². The van der Waals surface area contributed by atoms with Gasteiger partial charge < -0.3 is 15.0 Å². The van der Waals surface area contributed by atoms with E-state index in [1.54, 1.807) is 36.7 Å². The van der Waals surface area contributed by atoms with Crippen molar-refractivity contribution in [3.63, 3.8) is 0 Å². The number of benzene rings is 1. The third kappa shape index (κ3) is 4.48. The lowest BCUT2D eigenvalue weighted by atomic mass is 10.2. The van der Waals surface area contributed by atoms with Crippen molar-refractivity contribution in [2.75, 3.05) is 0 Å². The summed E-state index contributed by atoms with van der Waals surface area (Å²) in [7, 11) is 0. The van der Waals surface area contributed by atoms with Gasteiger partial charge >= 0.3 is 0 Å². The van der Waals surface area contributed by atoms with E-state index in [9.17, 15) is 9.18 Å². The van der Waals surface area contributed by atoms with E-state index in [1.165, 1.54) is 24.3 Å². The molecule has 0 spiro atoms. The van der Waals surface area contributed by atoms with Gasteiger partial charge in [-0.25, -0.2) is 9.37 Å². The van der Waals surface area contributed by atoms with Crippen LogP contribution >= 0.6 is 12.2 Å². The number of ether oxygens (including phenoxy) is 1. The minimum atomic E-state index is -0.329. The minimum absolute atomic E-state index is 0.256. The lowest BCUT2D eigenvalue weighted by Gasteiger charge is -2.07. The van der Waals surface area contributed by atoms with Crippen molar-refractivity contribution in [2.24, 2.45) is 0 Å². The first-order valence-corrected chi connectivity index (χ1v) is 7.87. The van der Waals surface area contributed by atoms with E-state index in [2.05, 4.69) is 15.3 Å². The quantitative estimate of drug-likeness (QED) is 0.679. The SMILES string of the molecule is O=C(NCc1ccc(Oc2ccc(F)cc2)nc1)c1ccc[nH]c1=S. The van der Waals surface area contributed by atoms with Crippen molar-refractivity contribution in [1.82, 2.24) is 15.3 Å². The first-order chi connectivity index (χ1) is 12.1. The Kier molecular flexibility index (Phi) is 5.15. The number of rotatable bonds is 5. The van der Waals surface area contributed by atoms with Crippen molar-refractivity contribution < 1.29 is 13.9 Å². The summed E-state index contributed by atoms with van der Waals surface area (Å²) >= 11 is 5.08. The number of pyridine rings is 2. The monoisotopic (exact) mass is 355 g/mol. The smallest absolute Gasteiger partial charge is 0.254 e. The number of carbonyl (C=O) groups excluding carboxylic acids is 1. The number of H-pyrrole nitrogens is 1. The normalized spacial score (nSPS) is 10.3. The molecule has 7 heteroatoms. The van der Waals surface area contributed by atoms with Crippen LogP contribution in [0, 0.1) is 10.5 Å². The van der Waals surface area contributed by atoms with Crippen LogP contribution in [0.25, 0.3) is 0 Å². The molecule has 0 aliphatic carbocycles. The molecule has 126 valence electrons. The van der Waals surface area contributed by atoms with E-state index in [0.29, 0.717) is 28.4 Å². The average Bonchev–Trinajstić information content (AvgIpc) is 2.63. The highest BCUT2D eigenvalue weighted by Crippen LogP contribution is 2.19. The topological polar surface area (TPSA) is 67.0 Å². The first-order valence-electron chi connectivity index (χ1n) is 7.46. The van der Waals surface area contributed by atoms with Crippen LogP contribution in [-0.4, -0.2) is 15.9 Å². The Morgan fingerprint density at radius 1 is 1.20 bits per heavy atom. The molecule has 0 radical (unpaired) electrons. The second kappa shape index (κ2) is 7.67.